The number of aliphatic hydroxyl groups is 1. The molecule has 5 heteroatoms. The van der Waals surface area contributed by atoms with Crippen LogP contribution in [0, 0.1) is 18.3 Å². The Kier molecular flexibility index (Phi) is 3.02. The normalized spacial score (nSPS) is 20.6. The third kappa shape index (κ3) is 2.28. The first kappa shape index (κ1) is 10.8. The van der Waals surface area contributed by atoms with E-state index in [0.717, 1.165) is 25.1 Å². The summed E-state index contributed by atoms with van der Waals surface area (Å²) in [4.78, 5) is 10.4. The Labute approximate surface area is 94.4 Å². The van der Waals surface area contributed by atoms with Gasteiger partial charge in [-0.25, -0.2) is 9.97 Å². The van der Waals surface area contributed by atoms with Crippen molar-refractivity contribution in [2.45, 2.75) is 25.9 Å². The van der Waals surface area contributed by atoms with E-state index in [1.807, 2.05) is 17.9 Å². The van der Waals surface area contributed by atoms with E-state index in [4.69, 9.17) is 5.26 Å². The van der Waals surface area contributed by atoms with Crippen LogP contribution in [-0.4, -0.2) is 34.3 Å². The molecule has 0 amide bonds. The minimum atomic E-state index is -0.316. The zero-order valence-corrected chi connectivity index (χ0v) is 9.22. The van der Waals surface area contributed by atoms with Crippen molar-refractivity contribution in [3.63, 3.8) is 0 Å². The van der Waals surface area contributed by atoms with Gasteiger partial charge < -0.3 is 10.0 Å². The second kappa shape index (κ2) is 4.45. The molecule has 1 aliphatic heterocycles. The summed E-state index contributed by atoms with van der Waals surface area (Å²) in [5.41, 5.74) is 1.16. The molecule has 1 unspecified atom stereocenters. The predicted octanol–water partition coefficient (Wildman–Crippen LogP) is 0.618. The summed E-state index contributed by atoms with van der Waals surface area (Å²) < 4.78 is 0. The van der Waals surface area contributed by atoms with Crippen LogP contribution in [-0.2, 0) is 0 Å². The number of rotatable bonds is 1. The molecule has 1 fully saturated rings. The van der Waals surface area contributed by atoms with Crippen molar-refractivity contribution in [1.82, 2.24) is 9.97 Å². The molecule has 0 saturated carbocycles. The van der Waals surface area contributed by atoms with E-state index in [0.29, 0.717) is 18.2 Å². The van der Waals surface area contributed by atoms with Crippen molar-refractivity contribution < 1.29 is 5.11 Å². The van der Waals surface area contributed by atoms with Gasteiger partial charge in [0.05, 0.1) is 6.10 Å². The lowest BCUT2D eigenvalue weighted by Gasteiger charge is -2.30. The Morgan fingerprint density at radius 3 is 3.06 bits per heavy atom. The molecule has 0 spiro atoms. The number of hydrogen-bond acceptors (Lipinski definition) is 5. The van der Waals surface area contributed by atoms with Gasteiger partial charge in [0.25, 0.3) is 0 Å². The van der Waals surface area contributed by atoms with Crippen LogP contribution in [0.15, 0.2) is 6.07 Å². The molecule has 84 valence electrons. The van der Waals surface area contributed by atoms with Gasteiger partial charge in [0, 0.05) is 18.8 Å². The largest absolute Gasteiger partial charge is 0.391 e. The summed E-state index contributed by atoms with van der Waals surface area (Å²) in [6.45, 7) is 3.23. The molecule has 2 rings (SSSR count). The minimum absolute atomic E-state index is 0.316. The van der Waals surface area contributed by atoms with E-state index >= 15 is 0 Å². The van der Waals surface area contributed by atoms with Crippen molar-refractivity contribution in [2.75, 3.05) is 18.0 Å². The number of aryl methyl sites for hydroxylation is 1. The molecular formula is C11H14N4O. The third-order valence-corrected chi connectivity index (χ3v) is 2.64. The number of β-amino-alcohol motifs (C(OH)–C–C–N with tert-alkyl or cyclic N) is 1. The predicted molar refractivity (Wildman–Crippen MR) is 58.9 cm³/mol. The molecule has 5 nitrogen and oxygen atoms in total. The molecule has 0 radical (unpaired) electrons. The second-order valence-corrected chi connectivity index (χ2v) is 4.05. The fourth-order valence-corrected chi connectivity index (χ4v) is 1.89. The Balaban J connectivity index is 2.26. The summed E-state index contributed by atoms with van der Waals surface area (Å²) in [5, 5.41) is 18.4. The van der Waals surface area contributed by atoms with Gasteiger partial charge in [0.1, 0.15) is 11.8 Å². The van der Waals surface area contributed by atoms with Crippen LogP contribution < -0.4 is 4.90 Å². The van der Waals surface area contributed by atoms with E-state index in [9.17, 15) is 5.11 Å². The highest BCUT2D eigenvalue weighted by Crippen LogP contribution is 2.16. The van der Waals surface area contributed by atoms with Gasteiger partial charge >= 0.3 is 0 Å². The first-order chi connectivity index (χ1) is 7.69. The van der Waals surface area contributed by atoms with E-state index in [2.05, 4.69) is 9.97 Å². The summed E-state index contributed by atoms with van der Waals surface area (Å²) >= 11 is 0. The van der Waals surface area contributed by atoms with E-state index in [1.54, 1.807) is 6.07 Å². The van der Waals surface area contributed by atoms with Gasteiger partial charge in [0.15, 0.2) is 0 Å². The molecule has 16 heavy (non-hydrogen) atoms. The van der Waals surface area contributed by atoms with Crippen LogP contribution in [0.1, 0.15) is 24.2 Å². The maximum atomic E-state index is 9.57. The SMILES string of the molecule is Cc1cc(C#N)nc(N2CCCC(O)C2)n1. The van der Waals surface area contributed by atoms with Crippen molar-refractivity contribution in [2.24, 2.45) is 0 Å². The molecule has 1 saturated heterocycles. The molecule has 2 heterocycles. The average Bonchev–Trinajstić information content (AvgIpc) is 2.28. The van der Waals surface area contributed by atoms with Gasteiger partial charge in [0.2, 0.25) is 5.95 Å². The van der Waals surface area contributed by atoms with Crippen LogP contribution in [0.3, 0.4) is 0 Å². The van der Waals surface area contributed by atoms with Crippen molar-refractivity contribution in [3.8, 4) is 6.07 Å². The number of nitrogens with zero attached hydrogens (tertiary/aromatic N) is 4. The van der Waals surface area contributed by atoms with Crippen LogP contribution in [0.2, 0.25) is 0 Å². The number of hydrogen-bond donors (Lipinski definition) is 1. The number of aliphatic hydroxyl groups excluding tert-OH is 1. The highest BCUT2D eigenvalue weighted by Gasteiger charge is 2.20. The monoisotopic (exact) mass is 218 g/mol. The molecule has 0 bridgehead atoms. The zero-order valence-electron chi connectivity index (χ0n) is 9.22. The fraction of sp³-hybridized carbons (Fsp3) is 0.545. The highest BCUT2D eigenvalue weighted by atomic mass is 16.3. The summed E-state index contributed by atoms with van der Waals surface area (Å²) in [6, 6.07) is 3.67. The molecule has 1 N–H and O–H groups in total. The van der Waals surface area contributed by atoms with E-state index in [-0.39, 0.29) is 6.10 Å². The molecule has 0 aliphatic carbocycles. The molecule has 1 aliphatic rings. The average molecular weight is 218 g/mol. The standard InChI is InChI=1S/C11H14N4O/c1-8-5-9(6-12)14-11(13-8)15-4-2-3-10(16)7-15/h5,10,16H,2-4,7H2,1H3. The van der Waals surface area contributed by atoms with Crippen LogP contribution in [0.5, 0.6) is 0 Å². The van der Waals surface area contributed by atoms with Crippen molar-refractivity contribution in [1.29, 1.82) is 5.26 Å². The Bertz CT molecular complexity index is 426. The lowest BCUT2D eigenvalue weighted by Crippen LogP contribution is -2.39. The van der Waals surface area contributed by atoms with Crippen LogP contribution in [0.25, 0.3) is 0 Å². The topological polar surface area (TPSA) is 73.0 Å². The Morgan fingerprint density at radius 1 is 1.56 bits per heavy atom. The fourth-order valence-electron chi connectivity index (χ4n) is 1.89. The first-order valence-electron chi connectivity index (χ1n) is 5.38. The van der Waals surface area contributed by atoms with E-state index < -0.39 is 0 Å². The van der Waals surface area contributed by atoms with Gasteiger partial charge in [-0.15, -0.1) is 0 Å². The number of anilines is 1. The van der Waals surface area contributed by atoms with Gasteiger partial charge in [-0.2, -0.15) is 5.26 Å². The minimum Gasteiger partial charge on any atom is -0.391 e. The Morgan fingerprint density at radius 2 is 2.38 bits per heavy atom. The maximum absolute atomic E-state index is 9.57. The number of nitriles is 1. The quantitative estimate of drug-likeness (QED) is 0.748. The van der Waals surface area contributed by atoms with Crippen molar-refractivity contribution in [3.05, 3.63) is 17.5 Å². The van der Waals surface area contributed by atoms with Crippen LogP contribution in [0.4, 0.5) is 5.95 Å². The molecule has 1 atom stereocenters. The summed E-state index contributed by atoms with van der Waals surface area (Å²) in [6.07, 6.45) is 1.44. The third-order valence-electron chi connectivity index (χ3n) is 2.64. The second-order valence-electron chi connectivity index (χ2n) is 4.05. The number of aromatic nitrogens is 2. The smallest absolute Gasteiger partial charge is 0.226 e. The molecular weight excluding hydrogens is 204 g/mol. The molecule has 0 aromatic carbocycles. The van der Waals surface area contributed by atoms with Gasteiger partial charge in [-0.05, 0) is 25.8 Å². The van der Waals surface area contributed by atoms with Gasteiger partial charge in [-0.1, -0.05) is 0 Å². The first-order valence-corrected chi connectivity index (χ1v) is 5.38. The van der Waals surface area contributed by atoms with Gasteiger partial charge in [-0.3, -0.25) is 0 Å². The van der Waals surface area contributed by atoms with Crippen LogP contribution >= 0.6 is 0 Å². The molecule has 1 aromatic heterocycles. The highest BCUT2D eigenvalue weighted by molar-refractivity contribution is 5.36. The van der Waals surface area contributed by atoms with Crippen molar-refractivity contribution >= 4 is 5.95 Å². The lowest BCUT2D eigenvalue weighted by molar-refractivity contribution is 0.153. The lowest BCUT2D eigenvalue weighted by atomic mass is 10.1. The summed E-state index contributed by atoms with van der Waals surface area (Å²) in [7, 11) is 0. The summed E-state index contributed by atoms with van der Waals surface area (Å²) in [5.74, 6) is 0.551. The maximum Gasteiger partial charge on any atom is 0.226 e. The Hall–Kier alpha value is -1.67. The number of piperidine rings is 1. The van der Waals surface area contributed by atoms with E-state index in [1.165, 1.54) is 0 Å². The zero-order chi connectivity index (χ0) is 11.5. The molecule has 1 aromatic rings.